The first-order valence-corrected chi connectivity index (χ1v) is 17.5. The molecule has 2 aliphatic carbocycles. The fraction of sp³-hybridized carbons (Fsp3) is 0.436. The van der Waals surface area contributed by atoms with Gasteiger partial charge >= 0.3 is 0 Å². The minimum absolute atomic E-state index is 0.163. The van der Waals surface area contributed by atoms with Crippen LogP contribution in [0.2, 0.25) is 5.02 Å². The molecule has 4 N–H and O–H groups in total. The molecule has 2 aliphatic rings. The topological polar surface area (TPSA) is 109 Å². The number of rotatable bonds is 11. The van der Waals surface area contributed by atoms with Crippen molar-refractivity contribution in [1.29, 1.82) is 0 Å². The SMILES string of the molecule is COc1cc(-c2nccc(-c3cccc(-c4ccc(CN[C@H]5CC[C@@H](O)CC5)c(OC)n4)c3Cl)c2C)ccc1CN[C@H]1CC[C@H](O)CC1. The molecule has 0 atom stereocenters. The predicted molar refractivity (Wildman–Crippen MR) is 191 cm³/mol. The minimum Gasteiger partial charge on any atom is -0.496 e. The van der Waals surface area contributed by atoms with Crippen LogP contribution in [0.5, 0.6) is 11.6 Å². The molecule has 2 heterocycles. The Morgan fingerprint density at radius 3 is 2.02 bits per heavy atom. The lowest BCUT2D eigenvalue weighted by atomic mass is 9.93. The van der Waals surface area contributed by atoms with Gasteiger partial charge in [-0.3, -0.25) is 4.98 Å². The van der Waals surface area contributed by atoms with Crippen LogP contribution in [0.3, 0.4) is 0 Å². The molecule has 254 valence electrons. The van der Waals surface area contributed by atoms with Crippen molar-refractivity contribution in [3.8, 4) is 45.3 Å². The molecule has 0 unspecified atom stereocenters. The minimum atomic E-state index is -0.173. The van der Waals surface area contributed by atoms with Crippen LogP contribution in [-0.4, -0.2) is 58.7 Å². The highest BCUT2D eigenvalue weighted by molar-refractivity contribution is 6.36. The molecule has 2 fully saturated rings. The van der Waals surface area contributed by atoms with Crippen LogP contribution in [0, 0.1) is 6.92 Å². The molecule has 48 heavy (non-hydrogen) atoms. The van der Waals surface area contributed by atoms with Crippen LogP contribution in [-0.2, 0) is 13.1 Å². The lowest BCUT2D eigenvalue weighted by Gasteiger charge is -2.26. The largest absolute Gasteiger partial charge is 0.496 e. The monoisotopic (exact) mass is 670 g/mol. The smallest absolute Gasteiger partial charge is 0.218 e. The molecule has 2 aromatic heterocycles. The van der Waals surface area contributed by atoms with Crippen molar-refractivity contribution in [2.75, 3.05) is 14.2 Å². The van der Waals surface area contributed by atoms with E-state index in [4.69, 9.17) is 31.0 Å². The average molecular weight is 671 g/mol. The summed E-state index contributed by atoms with van der Waals surface area (Å²) >= 11 is 7.16. The van der Waals surface area contributed by atoms with Crippen molar-refractivity contribution in [2.45, 2.75) is 95.7 Å². The maximum atomic E-state index is 9.84. The van der Waals surface area contributed by atoms with E-state index in [9.17, 15) is 10.2 Å². The Morgan fingerprint density at radius 2 is 1.38 bits per heavy atom. The van der Waals surface area contributed by atoms with Crippen LogP contribution in [0.1, 0.15) is 68.1 Å². The van der Waals surface area contributed by atoms with E-state index in [1.807, 2.05) is 36.5 Å². The van der Waals surface area contributed by atoms with Gasteiger partial charge in [0, 0.05) is 59.2 Å². The van der Waals surface area contributed by atoms with Gasteiger partial charge in [0.2, 0.25) is 5.88 Å². The average Bonchev–Trinajstić information content (AvgIpc) is 3.11. The molecule has 2 aromatic carbocycles. The molecule has 8 nitrogen and oxygen atoms in total. The Morgan fingerprint density at radius 1 is 0.750 bits per heavy atom. The summed E-state index contributed by atoms with van der Waals surface area (Å²) in [4.78, 5) is 9.65. The summed E-state index contributed by atoms with van der Waals surface area (Å²) in [7, 11) is 3.35. The molecular weight excluding hydrogens is 624 g/mol. The van der Waals surface area contributed by atoms with Crippen molar-refractivity contribution < 1.29 is 19.7 Å². The Kier molecular flexibility index (Phi) is 11.3. The van der Waals surface area contributed by atoms with Crippen molar-refractivity contribution in [3.63, 3.8) is 0 Å². The zero-order valence-corrected chi connectivity index (χ0v) is 28.9. The zero-order valence-electron chi connectivity index (χ0n) is 28.1. The number of aliphatic hydroxyl groups is 2. The number of hydrogen-bond donors (Lipinski definition) is 4. The summed E-state index contributed by atoms with van der Waals surface area (Å²) < 4.78 is 11.5. The highest BCUT2D eigenvalue weighted by Gasteiger charge is 2.22. The fourth-order valence-corrected chi connectivity index (χ4v) is 7.42. The normalized spacial score (nSPS) is 21.2. The van der Waals surface area contributed by atoms with Gasteiger partial charge in [-0.25, -0.2) is 4.98 Å². The maximum absolute atomic E-state index is 9.84. The number of benzene rings is 2. The number of aliphatic hydroxyl groups excluding tert-OH is 2. The third kappa shape index (κ3) is 7.85. The standard InChI is InChI=1S/C39H47ClN4O4/c1-24-32(19-20-41-38(24)25-7-8-26(36(21-25)47-2)22-42-28-10-14-30(45)15-11-28)33-5-4-6-34(37(33)40)35-18-9-27(39(44-35)48-3)23-43-29-12-16-31(46)17-13-29/h4-9,18-21,28-31,42-43,45-46H,10-17,22-23H2,1-3H3/t28-,29-,30-,31+. The molecule has 0 radical (unpaired) electrons. The van der Waals surface area contributed by atoms with Crippen LogP contribution >= 0.6 is 11.6 Å². The summed E-state index contributed by atoms with van der Waals surface area (Å²) in [5, 5.41) is 27.5. The van der Waals surface area contributed by atoms with Gasteiger partial charge in [0.1, 0.15) is 5.75 Å². The van der Waals surface area contributed by atoms with Crippen LogP contribution < -0.4 is 20.1 Å². The van der Waals surface area contributed by atoms with Crippen molar-refractivity contribution in [2.24, 2.45) is 0 Å². The van der Waals surface area contributed by atoms with Crippen LogP contribution in [0.25, 0.3) is 33.6 Å². The van der Waals surface area contributed by atoms with E-state index < -0.39 is 0 Å². The third-order valence-electron chi connectivity index (χ3n) is 10.0. The molecule has 0 amide bonds. The van der Waals surface area contributed by atoms with Crippen molar-refractivity contribution in [3.05, 3.63) is 82.5 Å². The summed E-state index contributed by atoms with van der Waals surface area (Å²) in [6, 6.07) is 19.2. The Labute approximate surface area is 288 Å². The molecule has 4 aromatic rings. The Hall–Kier alpha value is -3.53. The van der Waals surface area contributed by atoms with Gasteiger partial charge in [-0.15, -0.1) is 0 Å². The second-order valence-electron chi connectivity index (χ2n) is 13.2. The highest BCUT2D eigenvalue weighted by Crippen LogP contribution is 2.40. The second kappa shape index (κ2) is 15.8. The predicted octanol–water partition coefficient (Wildman–Crippen LogP) is 7.24. The molecular formula is C39H47ClN4O4. The van der Waals surface area contributed by atoms with E-state index in [1.165, 1.54) is 0 Å². The van der Waals surface area contributed by atoms with Crippen LogP contribution in [0.15, 0.2) is 60.8 Å². The summed E-state index contributed by atoms with van der Waals surface area (Å²) in [6.07, 6.45) is 8.79. The van der Waals surface area contributed by atoms with Crippen molar-refractivity contribution >= 4 is 11.6 Å². The Balaban J connectivity index is 1.22. The van der Waals surface area contributed by atoms with Gasteiger partial charge in [-0.1, -0.05) is 48.0 Å². The lowest BCUT2D eigenvalue weighted by molar-refractivity contribution is 0.116. The highest BCUT2D eigenvalue weighted by atomic mass is 35.5. The maximum Gasteiger partial charge on any atom is 0.218 e. The van der Waals surface area contributed by atoms with Gasteiger partial charge in [-0.2, -0.15) is 0 Å². The molecule has 0 spiro atoms. The Bertz CT molecular complexity index is 1570. The van der Waals surface area contributed by atoms with Crippen molar-refractivity contribution in [1.82, 2.24) is 20.6 Å². The van der Waals surface area contributed by atoms with Gasteiger partial charge in [0.25, 0.3) is 0 Å². The van der Waals surface area contributed by atoms with E-state index in [0.29, 0.717) is 36.1 Å². The van der Waals surface area contributed by atoms with E-state index in [0.717, 1.165) is 107 Å². The number of hydrogen-bond acceptors (Lipinski definition) is 8. The lowest BCUT2D eigenvalue weighted by Crippen LogP contribution is -2.34. The van der Waals surface area contributed by atoms with Gasteiger partial charge in [0.05, 0.1) is 42.8 Å². The van der Waals surface area contributed by atoms with Crippen LogP contribution in [0.4, 0.5) is 0 Å². The fourth-order valence-electron chi connectivity index (χ4n) is 7.09. The first-order valence-electron chi connectivity index (χ1n) is 17.1. The molecule has 0 aliphatic heterocycles. The first kappa shape index (κ1) is 34.3. The summed E-state index contributed by atoms with van der Waals surface area (Å²) in [5.74, 6) is 1.39. The molecule has 9 heteroatoms. The number of nitrogens with zero attached hydrogens (tertiary/aromatic N) is 2. The molecule has 6 rings (SSSR count). The number of aromatic nitrogens is 2. The van der Waals surface area contributed by atoms with E-state index in [-0.39, 0.29) is 12.2 Å². The quantitative estimate of drug-likeness (QED) is 0.132. The van der Waals surface area contributed by atoms with E-state index >= 15 is 0 Å². The number of ether oxygens (including phenoxy) is 2. The van der Waals surface area contributed by atoms with E-state index in [1.54, 1.807) is 14.2 Å². The number of nitrogens with one attached hydrogen (secondary N) is 2. The van der Waals surface area contributed by atoms with Gasteiger partial charge in [0.15, 0.2) is 0 Å². The first-order chi connectivity index (χ1) is 23.3. The van der Waals surface area contributed by atoms with E-state index in [2.05, 4.69) is 41.8 Å². The number of halogens is 1. The van der Waals surface area contributed by atoms with Gasteiger partial charge < -0.3 is 30.3 Å². The summed E-state index contributed by atoms with van der Waals surface area (Å²) in [6.45, 7) is 3.44. The number of pyridine rings is 2. The number of methoxy groups -OCH3 is 2. The molecule has 0 saturated heterocycles. The summed E-state index contributed by atoms with van der Waals surface area (Å²) in [5.41, 5.74) is 8.43. The zero-order chi connectivity index (χ0) is 33.6. The van der Waals surface area contributed by atoms with Gasteiger partial charge in [-0.05, 0) is 87.6 Å². The molecule has 2 saturated carbocycles. The molecule has 0 bridgehead atoms. The second-order valence-corrected chi connectivity index (χ2v) is 13.5. The third-order valence-corrected chi connectivity index (χ3v) is 10.4.